The Morgan fingerprint density at radius 2 is 2.08 bits per heavy atom. The Kier molecular flexibility index (Phi) is 3.26. The SMILES string of the molecule is CC(C)c1cccc(C(=O)I)c1. The minimum absolute atomic E-state index is 0.107. The summed E-state index contributed by atoms with van der Waals surface area (Å²) >= 11 is 1.81. The van der Waals surface area contributed by atoms with E-state index in [2.05, 4.69) is 13.8 Å². The molecule has 0 fully saturated rings. The van der Waals surface area contributed by atoms with Crippen molar-refractivity contribution in [3.63, 3.8) is 0 Å². The average molecular weight is 274 g/mol. The molecule has 0 aliphatic rings. The number of benzene rings is 1. The summed E-state index contributed by atoms with van der Waals surface area (Å²) in [5, 5.41) is 0. The van der Waals surface area contributed by atoms with E-state index in [4.69, 9.17) is 0 Å². The largest absolute Gasteiger partial charge is 0.282 e. The molecular weight excluding hydrogens is 263 g/mol. The molecule has 0 spiro atoms. The van der Waals surface area contributed by atoms with Crippen molar-refractivity contribution in [3.8, 4) is 0 Å². The minimum atomic E-state index is 0.107. The lowest BCUT2D eigenvalue weighted by Gasteiger charge is -2.05. The van der Waals surface area contributed by atoms with Gasteiger partial charge in [0.1, 0.15) is 0 Å². The molecule has 0 atom stereocenters. The normalized spacial score (nSPS) is 10.3. The Morgan fingerprint density at radius 3 is 2.58 bits per heavy atom. The second-order valence-corrected chi connectivity index (χ2v) is 4.03. The Hall–Kier alpha value is -0.380. The van der Waals surface area contributed by atoms with E-state index in [0.717, 1.165) is 5.56 Å². The fraction of sp³-hybridized carbons (Fsp3) is 0.300. The van der Waals surface area contributed by atoms with Crippen molar-refractivity contribution in [2.24, 2.45) is 0 Å². The van der Waals surface area contributed by atoms with Crippen LogP contribution < -0.4 is 0 Å². The molecule has 1 rings (SSSR count). The van der Waals surface area contributed by atoms with Crippen LogP contribution in [0.5, 0.6) is 0 Å². The van der Waals surface area contributed by atoms with Gasteiger partial charge in [0.25, 0.3) is 0 Å². The molecule has 12 heavy (non-hydrogen) atoms. The van der Waals surface area contributed by atoms with Crippen molar-refractivity contribution in [2.75, 3.05) is 0 Å². The standard InChI is InChI=1S/C10H11IO/c1-7(2)8-4-3-5-9(6-8)10(11)12/h3-7H,1-2H3. The van der Waals surface area contributed by atoms with Gasteiger partial charge < -0.3 is 0 Å². The van der Waals surface area contributed by atoms with Gasteiger partial charge in [0.2, 0.25) is 3.79 Å². The lowest BCUT2D eigenvalue weighted by molar-refractivity contribution is 0.110. The monoisotopic (exact) mass is 274 g/mol. The van der Waals surface area contributed by atoms with Crippen molar-refractivity contribution in [2.45, 2.75) is 19.8 Å². The van der Waals surface area contributed by atoms with Gasteiger partial charge in [-0.05, 0) is 17.5 Å². The Morgan fingerprint density at radius 1 is 1.42 bits per heavy atom. The third-order valence-electron chi connectivity index (χ3n) is 1.78. The Balaban J connectivity index is 3.04. The lowest BCUT2D eigenvalue weighted by atomic mass is 10.0. The third-order valence-corrected chi connectivity index (χ3v) is 2.40. The summed E-state index contributed by atoms with van der Waals surface area (Å²) in [4.78, 5) is 11.0. The van der Waals surface area contributed by atoms with Gasteiger partial charge in [-0.2, -0.15) is 0 Å². The molecule has 1 aromatic rings. The molecule has 0 saturated carbocycles. The first-order valence-corrected chi connectivity index (χ1v) is 4.99. The second kappa shape index (κ2) is 4.03. The molecule has 0 N–H and O–H groups in total. The summed E-state index contributed by atoms with van der Waals surface area (Å²) in [7, 11) is 0. The topological polar surface area (TPSA) is 17.1 Å². The Labute approximate surface area is 86.3 Å². The maximum atomic E-state index is 11.0. The predicted octanol–water partition coefficient (Wildman–Crippen LogP) is 3.39. The van der Waals surface area contributed by atoms with Gasteiger partial charge in [-0.3, -0.25) is 4.79 Å². The van der Waals surface area contributed by atoms with Crippen LogP contribution in [0.15, 0.2) is 24.3 Å². The van der Waals surface area contributed by atoms with Gasteiger partial charge >= 0.3 is 0 Å². The predicted molar refractivity (Wildman–Crippen MR) is 58.9 cm³/mol. The zero-order valence-corrected chi connectivity index (χ0v) is 9.33. The number of carbonyl (C=O) groups is 1. The zero-order chi connectivity index (χ0) is 9.14. The Bertz CT molecular complexity index is 292. The number of hydrogen-bond donors (Lipinski definition) is 0. The van der Waals surface area contributed by atoms with E-state index in [1.165, 1.54) is 5.56 Å². The number of rotatable bonds is 2. The molecule has 1 aromatic carbocycles. The van der Waals surface area contributed by atoms with Crippen molar-refractivity contribution in [3.05, 3.63) is 35.4 Å². The third kappa shape index (κ3) is 2.30. The van der Waals surface area contributed by atoms with E-state index in [9.17, 15) is 4.79 Å². The zero-order valence-electron chi connectivity index (χ0n) is 7.17. The summed E-state index contributed by atoms with van der Waals surface area (Å²) in [5.41, 5.74) is 2.01. The van der Waals surface area contributed by atoms with Crippen LogP contribution in [0.25, 0.3) is 0 Å². The molecule has 0 radical (unpaired) electrons. The molecule has 0 bridgehead atoms. The molecule has 0 aliphatic carbocycles. The highest BCUT2D eigenvalue weighted by Gasteiger charge is 2.03. The number of carbonyl (C=O) groups excluding carboxylic acids is 1. The van der Waals surface area contributed by atoms with Crippen molar-refractivity contribution < 1.29 is 4.79 Å². The highest BCUT2D eigenvalue weighted by atomic mass is 127. The number of halogens is 1. The molecule has 0 unspecified atom stereocenters. The highest BCUT2D eigenvalue weighted by molar-refractivity contribution is 14.1. The van der Waals surface area contributed by atoms with Gasteiger partial charge in [0, 0.05) is 28.2 Å². The molecule has 64 valence electrons. The molecule has 1 nitrogen and oxygen atoms in total. The van der Waals surface area contributed by atoms with E-state index < -0.39 is 0 Å². The first-order chi connectivity index (χ1) is 5.61. The fourth-order valence-corrected chi connectivity index (χ4v) is 1.36. The molecule has 0 aliphatic heterocycles. The smallest absolute Gasteiger partial charge is 0.222 e. The van der Waals surface area contributed by atoms with E-state index in [1.807, 2.05) is 46.9 Å². The van der Waals surface area contributed by atoms with Crippen LogP contribution in [0.3, 0.4) is 0 Å². The van der Waals surface area contributed by atoms with Crippen LogP contribution >= 0.6 is 22.6 Å². The maximum Gasteiger partial charge on any atom is 0.222 e. The molecule has 0 aromatic heterocycles. The van der Waals surface area contributed by atoms with Crippen LogP contribution in [0.1, 0.15) is 35.7 Å². The first kappa shape index (κ1) is 9.71. The van der Waals surface area contributed by atoms with Gasteiger partial charge in [0.05, 0.1) is 0 Å². The van der Waals surface area contributed by atoms with Gasteiger partial charge in [0.15, 0.2) is 0 Å². The highest BCUT2D eigenvalue weighted by Crippen LogP contribution is 2.16. The molecule has 0 amide bonds. The van der Waals surface area contributed by atoms with Crippen molar-refractivity contribution >= 4 is 26.4 Å². The van der Waals surface area contributed by atoms with Crippen LogP contribution in [-0.4, -0.2) is 3.79 Å². The van der Waals surface area contributed by atoms with E-state index in [0.29, 0.717) is 5.92 Å². The van der Waals surface area contributed by atoms with Crippen LogP contribution in [0, 0.1) is 0 Å². The van der Waals surface area contributed by atoms with Crippen LogP contribution in [0.2, 0.25) is 0 Å². The summed E-state index contributed by atoms with van der Waals surface area (Å²) in [6.45, 7) is 4.24. The molecule has 0 saturated heterocycles. The van der Waals surface area contributed by atoms with Crippen molar-refractivity contribution in [1.82, 2.24) is 0 Å². The fourth-order valence-electron chi connectivity index (χ4n) is 1.02. The van der Waals surface area contributed by atoms with E-state index >= 15 is 0 Å². The number of hydrogen-bond acceptors (Lipinski definition) is 1. The summed E-state index contributed by atoms with van der Waals surface area (Å²) in [5.74, 6) is 0.487. The lowest BCUT2D eigenvalue weighted by Crippen LogP contribution is -1.92. The average Bonchev–Trinajstić information content (AvgIpc) is 2.04. The quantitative estimate of drug-likeness (QED) is 0.596. The van der Waals surface area contributed by atoms with Gasteiger partial charge in [-0.15, -0.1) is 0 Å². The summed E-state index contributed by atoms with van der Waals surface area (Å²) in [6.07, 6.45) is 0. The van der Waals surface area contributed by atoms with Crippen molar-refractivity contribution in [1.29, 1.82) is 0 Å². The maximum absolute atomic E-state index is 11.0. The second-order valence-electron chi connectivity index (χ2n) is 3.05. The van der Waals surface area contributed by atoms with Crippen LogP contribution in [0.4, 0.5) is 0 Å². The van der Waals surface area contributed by atoms with Gasteiger partial charge in [-0.25, -0.2) is 0 Å². The minimum Gasteiger partial charge on any atom is -0.282 e. The summed E-state index contributed by atoms with van der Waals surface area (Å²) < 4.78 is 0.107. The molecule has 0 heterocycles. The van der Waals surface area contributed by atoms with Gasteiger partial charge in [-0.1, -0.05) is 32.0 Å². The molecule has 2 heteroatoms. The van der Waals surface area contributed by atoms with E-state index in [-0.39, 0.29) is 3.79 Å². The van der Waals surface area contributed by atoms with Crippen LogP contribution in [-0.2, 0) is 0 Å². The molecular formula is C10H11IO. The first-order valence-electron chi connectivity index (χ1n) is 3.91. The summed E-state index contributed by atoms with van der Waals surface area (Å²) in [6, 6.07) is 7.79. The van der Waals surface area contributed by atoms with E-state index in [1.54, 1.807) is 0 Å².